The van der Waals surface area contributed by atoms with E-state index >= 15 is 0 Å². The molecule has 1 aliphatic heterocycles. The van der Waals surface area contributed by atoms with E-state index in [1.54, 1.807) is 36.4 Å². The third kappa shape index (κ3) is 5.17. The number of halogens is 1. The summed E-state index contributed by atoms with van der Waals surface area (Å²) >= 11 is 0. The molecule has 202 valence electrons. The molecule has 9 heteroatoms. The number of aliphatic hydroxyl groups excluding tert-OH is 1. The number of H-pyrrole nitrogens is 1. The molecule has 1 saturated heterocycles. The molecule has 0 saturated carbocycles. The average molecular weight is 539 g/mol. The zero-order chi connectivity index (χ0) is 28.2. The van der Waals surface area contributed by atoms with Crippen molar-refractivity contribution >= 4 is 11.9 Å². The molecule has 0 aliphatic carbocycles. The number of imidazole rings is 1. The van der Waals surface area contributed by atoms with Crippen LogP contribution in [0.4, 0.5) is 9.18 Å². The van der Waals surface area contributed by atoms with Crippen molar-refractivity contribution in [3.05, 3.63) is 107 Å². The number of hydrogen-bond donors (Lipinski definition) is 3. The van der Waals surface area contributed by atoms with Gasteiger partial charge in [-0.25, -0.2) is 14.2 Å². The number of amides is 3. The van der Waals surface area contributed by atoms with E-state index in [1.807, 2.05) is 37.3 Å². The molecule has 3 aromatic carbocycles. The molecule has 0 radical (unpaired) electrons. The van der Waals surface area contributed by atoms with Crippen molar-refractivity contribution in [3.8, 4) is 29.4 Å². The normalized spacial score (nSPS) is 16.4. The predicted molar refractivity (Wildman–Crippen MR) is 147 cm³/mol. The van der Waals surface area contributed by atoms with Crippen molar-refractivity contribution in [2.45, 2.75) is 24.9 Å². The summed E-state index contributed by atoms with van der Waals surface area (Å²) in [5.74, 6) is 1.97. The van der Waals surface area contributed by atoms with Crippen molar-refractivity contribution in [3.63, 3.8) is 0 Å². The summed E-state index contributed by atoms with van der Waals surface area (Å²) in [5.41, 5.74) is 2.55. The van der Waals surface area contributed by atoms with Crippen molar-refractivity contribution in [1.29, 1.82) is 0 Å². The highest BCUT2D eigenvalue weighted by atomic mass is 19.1. The molecule has 1 unspecified atom stereocenters. The van der Waals surface area contributed by atoms with Crippen molar-refractivity contribution < 1.29 is 23.8 Å². The first-order chi connectivity index (χ1) is 19.4. The molecule has 4 aromatic rings. The van der Waals surface area contributed by atoms with Crippen LogP contribution in [0.3, 0.4) is 0 Å². The Bertz CT molecular complexity index is 1560. The van der Waals surface area contributed by atoms with E-state index in [0.29, 0.717) is 28.4 Å². The number of carbonyl (C=O) groups excluding carboxylic acids is 2. The number of benzene rings is 3. The molecule has 40 heavy (non-hydrogen) atoms. The highest BCUT2D eigenvalue weighted by Crippen LogP contribution is 2.39. The fourth-order valence-electron chi connectivity index (χ4n) is 4.87. The van der Waals surface area contributed by atoms with Crippen LogP contribution in [0.5, 0.6) is 5.75 Å². The van der Waals surface area contributed by atoms with Gasteiger partial charge in [-0.1, -0.05) is 55.3 Å². The summed E-state index contributed by atoms with van der Waals surface area (Å²) < 4.78 is 20.2. The van der Waals surface area contributed by atoms with Crippen LogP contribution in [0.15, 0.2) is 79.0 Å². The maximum absolute atomic E-state index is 14.8. The lowest BCUT2D eigenvalue weighted by Gasteiger charge is -2.29. The maximum atomic E-state index is 14.8. The number of rotatable bonds is 9. The molecule has 1 fully saturated rings. The first-order valence-corrected chi connectivity index (χ1v) is 12.7. The van der Waals surface area contributed by atoms with Crippen LogP contribution in [0, 0.1) is 18.2 Å². The third-order valence-corrected chi connectivity index (χ3v) is 6.92. The lowest BCUT2D eigenvalue weighted by molar-refractivity contribution is -0.129. The van der Waals surface area contributed by atoms with E-state index in [4.69, 9.17) is 16.3 Å². The number of aliphatic hydroxyl groups is 1. The zero-order valence-electron chi connectivity index (χ0n) is 21.7. The van der Waals surface area contributed by atoms with Gasteiger partial charge in [0.1, 0.15) is 36.1 Å². The van der Waals surface area contributed by atoms with Gasteiger partial charge < -0.3 is 20.1 Å². The van der Waals surface area contributed by atoms with Gasteiger partial charge in [-0.3, -0.25) is 9.69 Å². The largest absolute Gasteiger partial charge is 0.491 e. The Morgan fingerprint density at radius 2 is 1.88 bits per heavy atom. The summed E-state index contributed by atoms with van der Waals surface area (Å²) in [6, 6.07) is 18.4. The van der Waals surface area contributed by atoms with E-state index in [-0.39, 0.29) is 24.7 Å². The summed E-state index contributed by atoms with van der Waals surface area (Å²) in [5, 5.41) is 11.8. The summed E-state index contributed by atoms with van der Waals surface area (Å²) in [6.07, 6.45) is 6.87. The maximum Gasteiger partial charge on any atom is 0.325 e. The van der Waals surface area contributed by atoms with Crippen molar-refractivity contribution in [1.82, 2.24) is 20.2 Å². The molecule has 1 aliphatic rings. The molecule has 0 spiro atoms. The van der Waals surface area contributed by atoms with E-state index in [1.165, 1.54) is 17.2 Å². The van der Waals surface area contributed by atoms with Gasteiger partial charge in [-0.05, 0) is 41.5 Å². The van der Waals surface area contributed by atoms with Gasteiger partial charge in [0.25, 0.3) is 5.91 Å². The average Bonchev–Trinajstić information content (AvgIpc) is 3.57. The minimum absolute atomic E-state index is 0.119. The molecule has 0 bridgehead atoms. The van der Waals surface area contributed by atoms with Gasteiger partial charge in [0.15, 0.2) is 0 Å². The third-order valence-electron chi connectivity index (χ3n) is 6.92. The molecule has 2 heterocycles. The van der Waals surface area contributed by atoms with E-state index < -0.39 is 29.8 Å². The minimum Gasteiger partial charge on any atom is -0.491 e. The number of aromatic nitrogens is 2. The predicted octanol–water partition coefficient (Wildman–Crippen LogP) is 4.71. The van der Waals surface area contributed by atoms with E-state index in [0.717, 1.165) is 5.56 Å². The van der Waals surface area contributed by atoms with Crippen molar-refractivity contribution in [2.75, 3.05) is 13.2 Å². The molecular formula is C31H27FN4O4. The topological polar surface area (TPSA) is 108 Å². The van der Waals surface area contributed by atoms with Gasteiger partial charge in [-0.15, -0.1) is 6.42 Å². The Morgan fingerprint density at radius 3 is 2.55 bits per heavy atom. The summed E-state index contributed by atoms with van der Waals surface area (Å²) in [4.78, 5) is 36.0. The van der Waals surface area contributed by atoms with E-state index in [9.17, 15) is 14.0 Å². The van der Waals surface area contributed by atoms with Gasteiger partial charge in [-0.2, -0.15) is 0 Å². The number of nitrogens with one attached hydrogen (secondary N) is 2. The zero-order valence-corrected chi connectivity index (χ0v) is 21.7. The van der Waals surface area contributed by atoms with E-state index in [2.05, 4.69) is 21.2 Å². The Morgan fingerprint density at radius 1 is 1.12 bits per heavy atom. The molecule has 8 nitrogen and oxygen atoms in total. The first-order valence-electron chi connectivity index (χ1n) is 12.7. The minimum atomic E-state index is -0.909. The van der Waals surface area contributed by atoms with Crippen molar-refractivity contribution in [2.24, 2.45) is 0 Å². The van der Waals surface area contributed by atoms with Gasteiger partial charge >= 0.3 is 6.03 Å². The number of imide groups is 1. The standard InChI is InChI=1S/C31H27FN4O4/c1-3-20-9-14-24(25(32)17-20)26-18-33-29(34-26)28(19(2)21-7-5-4-6-8-21)36-30(38)27(35-31(36)39)22-10-12-23(13-11-22)40-16-15-37/h1,4-14,17-19,27-28,37H,15-16H2,2H3,(H,33,34)(H,35,39)/t19-,27?,28-/m0/s1. The number of urea groups is 1. The molecule has 5 rings (SSSR count). The van der Waals surface area contributed by atoms with Gasteiger partial charge in [0.05, 0.1) is 18.5 Å². The molecule has 3 atom stereocenters. The number of ether oxygens (including phenoxy) is 1. The van der Waals surface area contributed by atoms with Crippen LogP contribution >= 0.6 is 0 Å². The Kier molecular flexibility index (Phi) is 7.62. The number of aromatic amines is 1. The Hall–Kier alpha value is -4.94. The SMILES string of the molecule is C#Cc1ccc(-c2cnc([C@H]([C@@H](C)c3ccccc3)N3C(=O)NC(c4ccc(OCCO)cc4)C3=O)[nH]2)c(F)c1. The first kappa shape index (κ1) is 26.7. The molecule has 1 aromatic heterocycles. The summed E-state index contributed by atoms with van der Waals surface area (Å²) in [7, 11) is 0. The highest BCUT2D eigenvalue weighted by Gasteiger charge is 2.46. The number of carbonyl (C=O) groups is 2. The fraction of sp³-hybridized carbons (Fsp3) is 0.194. The number of nitrogens with zero attached hydrogens (tertiary/aromatic N) is 2. The Balaban J connectivity index is 1.50. The van der Waals surface area contributed by atoms with Crippen LogP contribution in [-0.4, -0.2) is 45.1 Å². The second kappa shape index (κ2) is 11.4. The van der Waals surface area contributed by atoms with Crippen LogP contribution < -0.4 is 10.1 Å². The second-order valence-electron chi connectivity index (χ2n) is 9.40. The highest BCUT2D eigenvalue weighted by molar-refractivity contribution is 6.05. The smallest absolute Gasteiger partial charge is 0.325 e. The molecule has 3 N–H and O–H groups in total. The quantitative estimate of drug-likeness (QED) is 0.211. The number of hydrogen-bond acceptors (Lipinski definition) is 5. The van der Waals surface area contributed by atoms with Gasteiger partial charge in [0.2, 0.25) is 0 Å². The molecule has 3 amide bonds. The lowest BCUT2D eigenvalue weighted by Crippen LogP contribution is -2.38. The second-order valence-corrected chi connectivity index (χ2v) is 9.40. The van der Waals surface area contributed by atoms with Gasteiger partial charge in [0, 0.05) is 17.0 Å². The molecular weight excluding hydrogens is 511 g/mol. The summed E-state index contributed by atoms with van der Waals surface area (Å²) in [6.45, 7) is 1.94. The Labute approximate surface area is 230 Å². The monoisotopic (exact) mass is 538 g/mol. The fourth-order valence-corrected chi connectivity index (χ4v) is 4.87. The van der Waals surface area contributed by atoms with Crippen LogP contribution in [0.1, 0.15) is 47.4 Å². The van der Waals surface area contributed by atoms with Crippen LogP contribution in [0.2, 0.25) is 0 Å². The van der Waals surface area contributed by atoms with Crippen LogP contribution in [0.25, 0.3) is 11.3 Å². The lowest BCUT2D eigenvalue weighted by atomic mass is 9.91. The van der Waals surface area contributed by atoms with Crippen LogP contribution in [-0.2, 0) is 4.79 Å². The number of terminal acetylenes is 1.